The molecule has 6 nitrogen and oxygen atoms in total. The zero-order chi connectivity index (χ0) is 12.3. The molecule has 0 saturated heterocycles. The molecular weight excluding hydrogens is 222 g/mol. The first-order valence-corrected chi connectivity index (χ1v) is 5.22. The van der Waals surface area contributed by atoms with E-state index in [0.29, 0.717) is 13.2 Å². The fraction of sp³-hybridized carbons (Fsp3) is 0.273. The predicted octanol–water partition coefficient (Wildman–Crippen LogP) is 1.28. The maximum absolute atomic E-state index is 11.5. The Bertz CT molecular complexity index is 502. The van der Waals surface area contributed by atoms with E-state index in [1.54, 1.807) is 23.8 Å². The summed E-state index contributed by atoms with van der Waals surface area (Å²) in [7, 11) is 0. The van der Waals surface area contributed by atoms with Gasteiger partial charge in [-0.15, -0.1) is 0 Å². The van der Waals surface area contributed by atoms with E-state index in [2.05, 4.69) is 4.98 Å². The lowest BCUT2D eigenvalue weighted by Crippen LogP contribution is -2.10. The largest absolute Gasteiger partial charge is 0.467 e. The minimum Gasteiger partial charge on any atom is -0.467 e. The highest BCUT2D eigenvalue weighted by Gasteiger charge is 2.17. The second kappa shape index (κ2) is 4.73. The van der Waals surface area contributed by atoms with Crippen molar-refractivity contribution in [2.24, 2.45) is 0 Å². The van der Waals surface area contributed by atoms with Gasteiger partial charge in [-0.3, -0.25) is 0 Å². The third-order valence-electron chi connectivity index (χ3n) is 2.25. The van der Waals surface area contributed by atoms with Gasteiger partial charge in [0.25, 0.3) is 0 Å². The molecule has 0 amide bonds. The van der Waals surface area contributed by atoms with E-state index in [4.69, 9.17) is 14.9 Å². The number of imidazole rings is 1. The lowest BCUT2D eigenvalue weighted by Gasteiger charge is -2.03. The van der Waals surface area contributed by atoms with E-state index >= 15 is 0 Å². The van der Waals surface area contributed by atoms with Crippen LogP contribution in [-0.4, -0.2) is 22.1 Å². The number of carbonyl (C=O) groups is 1. The van der Waals surface area contributed by atoms with Crippen molar-refractivity contribution in [1.82, 2.24) is 9.55 Å². The number of nitrogens with zero attached hydrogens (tertiary/aromatic N) is 2. The fourth-order valence-corrected chi connectivity index (χ4v) is 1.44. The molecule has 0 unspecified atom stereocenters. The van der Waals surface area contributed by atoms with Crippen LogP contribution in [0.25, 0.3) is 0 Å². The molecule has 2 aromatic rings. The Morgan fingerprint density at radius 3 is 3.12 bits per heavy atom. The molecule has 0 bridgehead atoms. The zero-order valence-corrected chi connectivity index (χ0v) is 9.42. The summed E-state index contributed by atoms with van der Waals surface area (Å²) in [5.41, 5.74) is 5.95. The summed E-state index contributed by atoms with van der Waals surface area (Å²) in [5.74, 6) is 0.507. The van der Waals surface area contributed by atoms with Gasteiger partial charge in [-0.2, -0.15) is 0 Å². The summed E-state index contributed by atoms with van der Waals surface area (Å²) in [6.07, 6.45) is 3.07. The van der Waals surface area contributed by atoms with Crippen LogP contribution < -0.4 is 5.73 Å². The zero-order valence-electron chi connectivity index (χ0n) is 9.42. The first-order chi connectivity index (χ1) is 8.22. The molecule has 0 aliphatic carbocycles. The molecule has 0 spiro atoms. The normalized spacial score (nSPS) is 10.4. The number of hydrogen-bond donors (Lipinski definition) is 1. The molecular formula is C11H13N3O3. The Morgan fingerprint density at radius 2 is 2.47 bits per heavy atom. The molecule has 0 aromatic carbocycles. The molecule has 6 heteroatoms. The van der Waals surface area contributed by atoms with E-state index in [9.17, 15) is 4.79 Å². The van der Waals surface area contributed by atoms with Gasteiger partial charge in [0.2, 0.25) is 0 Å². The molecule has 2 N–H and O–H groups in total. The number of aromatic nitrogens is 2. The molecule has 2 aromatic heterocycles. The molecule has 2 rings (SSSR count). The number of anilines is 1. The van der Waals surface area contributed by atoms with Gasteiger partial charge in [-0.05, 0) is 19.1 Å². The standard InChI is InChI=1S/C11H13N3O3/c1-2-16-11(15)9-10(12)14(7-13-9)6-8-4-3-5-17-8/h3-5,7H,2,6,12H2,1H3. The minimum absolute atomic E-state index is 0.137. The fourth-order valence-electron chi connectivity index (χ4n) is 1.44. The van der Waals surface area contributed by atoms with Crippen LogP contribution in [0, 0.1) is 0 Å². The summed E-state index contributed by atoms with van der Waals surface area (Å²) in [4.78, 5) is 15.4. The van der Waals surface area contributed by atoms with Gasteiger partial charge in [-0.25, -0.2) is 9.78 Å². The number of ether oxygens (including phenoxy) is 1. The van der Waals surface area contributed by atoms with E-state index in [1.807, 2.05) is 6.07 Å². The van der Waals surface area contributed by atoms with Gasteiger partial charge in [0, 0.05) is 0 Å². The van der Waals surface area contributed by atoms with Crippen LogP contribution in [-0.2, 0) is 11.3 Å². The van der Waals surface area contributed by atoms with Crippen LogP contribution in [0.3, 0.4) is 0 Å². The third kappa shape index (κ3) is 2.30. The van der Waals surface area contributed by atoms with Crippen LogP contribution >= 0.6 is 0 Å². The monoisotopic (exact) mass is 235 g/mol. The number of carbonyl (C=O) groups excluding carboxylic acids is 1. The Morgan fingerprint density at radius 1 is 1.65 bits per heavy atom. The summed E-state index contributed by atoms with van der Waals surface area (Å²) in [6, 6.07) is 3.61. The molecule has 0 fully saturated rings. The third-order valence-corrected chi connectivity index (χ3v) is 2.25. The minimum atomic E-state index is -0.511. The quantitative estimate of drug-likeness (QED) is 0.807. The number of nitrogen functional groups attached to an aromatic ring is 1. The second-order valence-corrected chi connectivity index (χ2v) is 3.41. The molecule has 2 heterocycles. The molecule has 17 heavy (non-hydrogen) atoms. The van der Waals surface area contributed by atoms with Crippen molar-refractivity contribution in [2.45, 2.75) is 13.5 Å². The summed E-state index contributed by atoms with van der Waals surface area (Å²) >= 11 is 0. The number of esters is 1. The first kappa shape index (κ1) is 11.3. The predicted molar refractivity (Wildman–Crippen MR) is 60.4 cm³/mol. The number of hydrogen-bond acceptors (Lipinski definition) is 5. The maximum atomic E-state index is 11.5. The molecule has 0 aliphatic rings. The average molecular weight is 235 g/mol. The van der Waals surface area contributed by atoms with E-state index in [1.165, 1.54) is 6.33 Å². The Hall–Kier alpha value is -2.24. The van der Waals surface area contributed by atoms with Crippen LogP contribution in [0.15, 0.2) is 29.1 Å². The van der Waals surface area contributed by atoms with Crippen molar-refractivity contribution in [3.63, 3.8) is 0 Å². The van der Waals surface area contributed by atoms with Crippen molar-refractivity contribution in [3.05, 3.63) is 36.2 Å². The molecule has 0 saturated carbocycles. The second-order valence-electron chi connectivity index (χ2n) is 3.41. The highest BCUT2D eigenvalue weighted by atomic mass is 16.5. The Labute approximate surface area is 98.0 Å². The molecule has 90 valence electrons. The van der Waals surface area contributed by atoms with Crippen LogP contribution in [0.1, 0.15) is 23.2 Å². The van der Waals surface area contributed by atoms with Gasteiger partial charge >= 0.3 is 5.97 Å². The van der Waals surface area contributed by atoms with Gasteiger partial charge in [0.05, 0.1) is 25.7 Å². The van der Waals surface area contributed by atoms with Crippen molar-refractivity contribution < 1.29 is 13.9 Å². The van der Waals surface area contributed by atoms with Crippen LogP contribution in [0.4, 0.5) is 5.82 Å². The lowest BCUT2D eigenvalue weighted by molar-refractivity contribution is 0.0521. The van der Waals surface area contributed by atoms with Crippen molar-refractivity contribution in [2.75, 3.05) is 12.3 Å². The molecule has 0 atom stereocenters. The topological polar surface area (TPSA) is 83.3 Å². The highest BCUT2D eigenvalue weighted by Crippen LogP contribution is 2.14. The Kier molecular flexibility index (Phi) is 3.13. The van der Waals surface area contributed by atoms with Crippen LogP contribution in [0.5, 0.6) is 0 Å². The summed E-state index contributed by atoms with van der Waals surface area (Å²) in [6.45, 7) is 2.46. The number of rotatable bonds is 4. The van der Waals surface area contributed by atoms with Gasteiger partial charge < -0.3 is 19.5 Å². The van der Waals surface area contributed by atoms with Gasteiger partial charge in [-0.1, -0.05) is 0 Å². The van der Waals surface area contributed by atoms with Crippen molar-refractivity contribution in [3.8, 4) is 0 Å². The van der Waals surface area contributed by atoms with Crippen LogP contribution in [0.2, 0.25) is 0 Å². The summed E-state index contributed by atoms with van der Waals surface area (Å²) < 4.78 is 11.7. The number of nitrogens with two attached hydrogens (primary N) is 1. The van der Waals surface area contributed by atoms with E-state index in [-0.39, 0.29) is 11.5 Å². The molecule has 0 aliphatic heterocycles. The highest BCUT2D eigenvalue weighted by molar-refractivity contribution is 5.92. The smallest absolute Gasteiger partial charge is 0.360 e. The van der Waals surface area contributed by atoms with E-state index in [0.717, 1.165) is 5.76 Å². The Balaban J connectivity index is 2.18. The van der Waals surface area contributed by atoms with Crippen molar-refractivity contribution in [1.29, 1.82) is 0 Å². The van der Waals surface area contributed by atoms with Gasteiger partial charge in [0.15, 0.2) is 5.69 Å². The van der Waals surface area contributed by atoms with Crippen molar-refractivity contribution >= 4 is 11.8 Å². The number of furan rings is 1. The summed E-state index contributed by atoms with van der Waals surface area (Å²) in [5, 5.41) is 0. The van der Waals surface area contributed by atoms with Gasteiger partial charge in [0.1, 0.15) is 11.6 Å². The SMILES string of the molecule is CCOC(=O)c1ncn(Cc2ccco2)c1N. The average Bonchev–Trinajstić information content (AvgIpc) is 2.91. The maximum Gasteiger partial charge on any atom is 0.360 e. The van der Waals surface area contributed by atoms with E-state index < -0.39 is 5.97 Å². The first-order valence-electron chi connectivity index (χ1n) is 5.22. The molecule has 0 radical (unpaired) electrons. The lowest BCUT2D eigenvalue weighted by atomic mass is 10.4.